The molecule has 0 aliphatic carbocycles. The van der Waals surface area contributed by atoms with Gasteiger partial charge >= 0.3 is 5.97 Å². The standard InChI is InChI=1S/C23H19N3O4S2/c1-2-30-18-10-8-15(9-11-18)21-16(13-26(24-21)17-6-4-3-5-7-17)12-19-22(29)25(14-20(27)28)23(31)32-19/h3-13H,2,14H2,1H3,(H,27,28)/b19-12+. The van der Waals surface area contributed by atoms with E-state index >= 15 is 0 Å². The molecule has 162 valence electrons. The number of aromatic nitrogens is 2. The number of thioether (sulfide) groups is 1. The van der Waals surface area contributed by atoms with Gasteiger partial charge in [-0.15, -0.1) is 0 Å². The highest BCUT2D eigenvalue weighted by Gasteiger charge is 2.33. The molecule has 1 aliphatic rings. The van der Waals surface area contributed by atoms with Crippen LogP contribution in [0, 0.1) is 0 Å². The van der Waals surface area contributed by atoms with Crippen molar-refractivity contribution in [2.24, 2.45) is 0 Å². The van der Waals surface area contributed by atoms with Crippen LogP contribution in [0.25, 0.3) is 23.0 Å². The Hall–Kier alpha value is -3.43. The molecule has 0 saturated carbocycles. The lowest BCUT2D eigenvalue weighted by Gasteiger charge is -2.10. The van der Waals surface area contributed by atoms with Crippen LogP contribution in [0.5, 0.6) is 5.75 Å². The molecule has 4 rings (SSSR count). The van der Waals surface area contributed by atoms with Crippen molar-refractivity contribution in [3.63, 3.8) is 0 Å². The summed E-state index contributed by atoms with van der Waals surface area (Å²) in [7, 11) is 0. The van der Waals surface area contributed by atoms with E-state index in [-0.39, 0.29) is 4.32 Å². The summed E-state index contributed by atoms with van der Waals surface area (Å²) in [6.45, 7) is 2.04. The Balaban J connectivity index is 1.76. The number of carbonyl (C=O) groups excluding carboxylic acids is 1. The van der Waals surface area contributed by atoms with Crippen LogP contribution < -0.4 is 4.74 Å². The van der Waals surface area contributed by atoms with Gasteiger partial charge in [-0.25, -0.2) is 4.68 Å². The Bertz CT molecular complexity index is 1200. The fourth-order valence-corrected chi connectivity index (χ4v) is 4.46. The molecule has 3 aromatic rings. The summed E-state index contributed by atoms with van der Waals surface area (Å²) < 4.78 is 7.49. The maximum absolute atomic E-state index is 12.7. The highest BCUT2D eigenvalue weighted by Crippen LogP contribution is 2.35. The number of benzene rings is 2. The third-order valence-corrected chi connectivity index (χ3v) is 6.03. The number of carboxylic acids is 1. The van der Waals surface area contributed by atoms with Crippen molar-refractivity contribution < 1.29 is 19.4 Å². The Morgan fingerprint density at radius 1 is 1.19 bits per heavy atom. The van der Waals surface area contributed by atoms with Crippen molar-refractivity contribution in [1.29, 1.82) is 0 Å². The molecule has 2 aromatic carbocycles. The van der Waals surface area contributed by atoms with Gasteiger partial charge in [0, 0.05) is 17.3 Å². The molecule has 32 heavy (non-hydrogen) atoms. The van der Waals surface area contributed by atoms with E-state index in [0.29, 0.717) is 22.8 Å². The molecule has 1 aromatic heterocycles. The van der Waals surface area contributed by atoms with E-state index in [1.807, 2.05) is 67.7 Å². The summed E-state index contributed by atoms with van der Waals surface area (Å²) in [5.41, 5.74) is 3.13. The zero-order valence-electron chi connectivity index (χ0n) is 17.1. The summed E-state index contributed by atoms with van der Waals surface area (Å²) in [4.78, 5) is 25.3. The van der Waals surface area contributed by atoms with Crippen LogP contribution in [0.1, 0.15) is 12.5 Å². The first-order valence-corrected chi connectivity index (χ1v) is 11.0. The minimum absolute atomic E-state index is 0.224. The first-order valence-electron chi connectivity index (χ1n) is 9.81. The largest absolute Gasteiger partial charge is 0.494 e. The first kappa shape index (κ1) is 21.8. The maximum Gasteiger partial charge on any atom is 0.323 e. The summed E-state index contributed by atoms with van der Waals surface area (Å²) in [6.07, 6.45) is 3.55. The predicted molar refractivity (Wildman–Crippen MR) is 128 cm³/mol. The van der Waals surface area contributed by atoms with E-state index in [2.05, 4.69) is 0 Å². The van der Waals surface area contributed by atoms with Gasteiger partial charge in [0.05, 0.1) is 22.9 Å². The number of para-hydroxylation sites is 1. The fourth-order valence-electron chi connectivity index (χ4n) is 3.22. The van der Waals surface area contributed by atoms with Crippen molar-refractivity contribution in [3.05, 3.63) is 71.3 Å². The number of amides is 1. The normalized spacial score (nSPS) is 14.9. The number of aliphatic carboxylic acids is 1. The Labute approximate surface area is 194 Å². The monoisotopic (exact) mass is 465 g/mol. The van der Waals surface area contributed by atoms with Crippen LogP contribution in [0.2, 0.25) is 0 Å². The van der Waals surface area contributed by atoms with E-state index < -0.39 is 18.4 Å². The fraction of sp³-hybridized carbons (Fsp3) is 0.130. The highest BCUT2D eigenvalue weighted by molar-refractivity contribution is 8.26. The number of hydrogen-bond donors (Lipinski definition) is 1. The van der Waals surface area contributed by atoms with Crippen LogP contribution in [0.15, 0.2) is 65.7 Å². The number of ether oxygens (including phenoxy) is 1. The highest BCUT2D eigenvalue weighted by atomic mass is 32.2. The Morgan fingerprint density at radius 2 is 1.91 bits per heavy atom. The summed E-state index contributed by atoms with van der Waals surface area (Å²) in [6, 6.07) is 17.2. The van der Waals surface area contributed by atoms with Gasteiger partial charge < -0.3 is 9.84 Å². The number of nitrogens with zero attached hydrogens (tertiary/aromatic N) is 3. The van der Waals surface area contributed by atoms with E-state index in [0.717, 1.165) is 33.7 Å². The predicted octanol–water partition coefficient (Wildman–Crippen LogP) is 4.22. The van der Waals surface area contributed by atoms with E-state index in [1.165, 1.54) is 0 Å². The van der Waals surface area contributed by atoms with Crippen molar-refractivity contribution >= 4 is 46.3 Å². The minimum Gasteiger partial charge on any atom is -0.494 e. The molecule has 0 spiro atoms. The van der Waals surface area contributed by atoms with Crippen molar-refractivity contribution in [2.75, 3.05) is 13.2 Å². The number of rotatable bonds is 7. The zero-order chi connectivity index (χ0) is 22.7. The van der Waals surface area contributed by atoms with Gasteiger partial charge in [0.15, 0.2) is 0 Å². The molecule has 1 saturated heterocycles. The van der Waals surface area contributed by atoms with Crippen molar-refractivity contribution in [2.45, 2.75) is 6.92 Å². The zero-order valence-corrected chi connectivity index (χ0v) is 18.7. The molecule has 1 aliphatic heterocycles. The topological polar surface area (TPSA) is 84.7 Å². The maximum atomic E-state index is 12.7. The second kappa shape index (κ2) is 9.37. The molecule has 0 bridgehead atoms. The number of thiocarbonyl (C=S) groups is 1. The average Bonchev–Trinajstić information content (AvgIpc) is 3.32. The van der Waals surface area contributed by atoms with Gasteiger partial charge in [-0.1, -0.05) is 42.2 Å². The minimum atomic E-state index is -1.12. The van der Waals surface area contributed by atoms with Crippen molar-refractivity contribution in [3.8, 4) is 22.7 Å². The average molecular weight is 466 g/mol. The van der Waals surface area contributed by atoms with Gasteiger partial charge in [0.2, 0.25) is 0 Å². The molecule has 0 atom stereocenters. The molecule has 1 fully saturated rings. The number of carboxylic acid groups (broad SMARTS) is 1. The quantitative estimate of drug-likeness (QED) is 0.413. The molecule has 7 nitrogen and oxygen atoms in total. The van der Waals surface area contributed by atoms with E-state index in [9.17, 15) is 9.59 Å². The first-order chi connectivity index (χ1) is 15.5. The van der Waals surface area contributed by atoms with Gasteiger partial charge in [0.1, 0.15) is 16.6 Å². The van der Waals surface area contributed by atoms with Crippen LogP contribution in [0.4, 0.5) is 0 Å². The molecule has 0 unspecified atom stereocenters. The van der Waals surface area contributed by atoms with Crippen LogP contribution in [-0.2, 0) is 9.59 Å². The third-order valence-electron chi connectivity index (χ3n) is 4.66. The van der Waals surface area contributed by atoms with Gasteiger partial charge in [-0.05, 0) is 49.4 Å². The molecular weight excluding hydrogens is 446 g/mol. The Kier molecular flexibility index (Phi) is 6.38. The lowest BCUT2D eigenvalue weighted by molar-refractivity contribution is -0.140. The van der Waals surface area contributed by atoms with Gasteiger partial charge in [0.25, 0.3) is 5.91 Å². The summed E-state index contributed by atoms with van der Waals surface area (Å²) in [5, 5.41) is 13.8. The van der Waals surface area contributed by atoms with Crippen LogP contribution in [0.3, 0.4) is 0 Å². The lowest BCUT2D eigenvalue weighted by Crippen LogP contribution is -2.33. The lowest BCUT2D eigenvalue weighted by atomic mass is 10.1. The van der Waals surface area contributed by atoms with Gasteiger partial charge in [-0.2, -0.15) is 5.10 Å². The molecule has 0 radical (unpaired) electrons. The smallest absolute Gasteiger partial charge is 0.323 e. The SMILES string of the molecule is CCOc1ccc(-c2nn(-c3ccccc3)cc2/C=C2/SC(=S)N(CC(=O)O)C2=O)cc1. The molecule has 2 heterocycles. The molecule has 1 amide bonds. The number of hydrogen-bond acceptors (Lipinski definition) is 6. The number of carbonyl (C=O) groups is 2. The summed E-state index contributed by atoms with van der Waals surface area (Å²) in [5.74, 6) is -0.781. The molecular formula is C23H19N3O4S2. The second-order valence-electron chi connectivity index (χ2n) is 6.83. The molecule has 1 N–H and O–H groups in total. The van der Waals surface area contributed by atoms with Crippen molar-refractivity contribution in [1.82, 2.24) is 14.7 Å². The van der Waals surface area contributed by atoms with E-state index in [4.69, 9.17) is 27.2 Å². The van der Waals surface area contributed by atoms with Gasteiger partial charge in [-0.3, -0.25) is 14.5 Å². The Morgan fingerprint density at radius 3 is 2.56 bits per heavy atom. The third kappa shape index (κ3) is 4.58. The van der Waals surface area contributed by atoms with Crippen LogP contribution in [-0.4, -0.2) is 49.1 Å². The summed E-state index contributed by atoms with van der Waals surface area (Å²) >= 11 is 6.29. The molecule has 9 heteroatoms. The van der Waals surface area contributed by atoms with E-state index in [1.54, 1.807) is 10.8 Å². The second-order valence-corrected chi connectivity index (χ2v) is 8.51. The van der Waals surface area contributed by atoms with Crippen LogP contribution >= 0.6 is 24.0 Å².